The van der Waals surface area contributed by atoms with Crippen LogP contribution in [-0.4, -0.2) is 0 Å². The van der Waals surface area contributed by atoms with Crippen molar-refractivity contribution in [3.63, 3.8) is 0 Å². The number of halogens is 4. The van der Waals surface area contributed by atoms with Gasteiger partial charge in [0.05, 0.1) is 10.8 Å². The predicted molar refractivity (Wildman–Crippen MR) is 511 cm³/mol. The lowest BCUT2D eigenvalue weighted by atomic mass is 9.70. The highest BCUT2D eigenvalue weighted by molar-refractivity contribution is 9.11. The number of benzene rings is 18. The third-order valence-corrected chi connectivity index (χ3v) is 25.3. The molecule has 0 atom stereocenters. The van der Waals surface area contributed by atoms with Gasteiger partial charge in [0.15, 0.2) is 0 Å². The van der Waals surface area contributed by atoms with E-state index in [4.69, 9.17) is 0 Å². The highest BCUT2D eigenvalue weighted by atomic mass is 79.9. The summed E-state index contributed by atoms with van der Waals surface area (Å²) < 4.78 is 4.40. The molecule has 9 heteroatoms. The number of nitrogens with one attached hydrogen (secondary N) is 1. The van der Waals surface area contributed by atoms with Gasteiger partial charge in [0.1, 0.15) is 0 Å². The average Bonchev–Trinajstić information content (AvgIpc) is 1.51. The second-order valence-electron chi connectivity index (χ2n) is 30.1. The summed E-state index contributed by atoms with van der Waals surface area (Å²) in [5, 5.41) is 3.30. The summed E-state index contributed by atoms with van der Waals surface area (Å²) in [5.74, 6) is 0. The molecule has 0 amide bonds. The minimum atomic E-state index is -0.816. The van der Waals surface area contributed by atoms with Crippen molar-refractivity contribution in [1.82, 2.24) is 0 Å². The van der Waals surface area contributed by atoms with Gasteiger partial charge in [0, 0.05) is 97.5 Å². The lowest BCUT2D eigenvalue weighted by Crippen LogP contribution is -2.27. The van der Waals surface area contributed by atoms with Crippen molar-refractivity contribution in [3.8, 4) is 44.5 Å². The van der Waals surface area contributed by atoms with Gasteiger partial charge in [-0.25, -0.2) is 0 Å². The second kappa shape index (κ2) is 32.1. The normalized spacial score (nSPS) is 12.5. The van der Waals surface area contributed by atoms with Crippen LogP contribution < -0.4 is 24.9 Å². The zero-order chi connectivity index (χ0) is 80.0. The maximum atomic E-state index is 3.74. The number of para-hydroxylation sites is 10. The van der Waals surface area contributed by atoms with Gasteiger partial charge in [-0.2, -0.15) is 0 Å². The number of nitrogens with zero attached hydrogens (tertiary/aromatic N) is 4. The van der Waals surface area contributed by atoms with Gasteiger partial charge >= 0.3 is 0 Å². The fraction of sp³-hybridized carbons (Fsp3) is 0.0182. The number of hydrogen-bond acceptors (Lipinski definition) is 5. The summed E-state index contributed by atoms with van der Waals surface area (Å²) in [6, 6.07) is 162. The lowest BCUT2D eigenvalue weighted by Gasteiger charge is -2.35. The summed E-state index contributed by atoms with van der Waals surface area (Å²) in [6.07, 6.45) is 0. The van der Waals surface area contributed by atoms with Crippen LogP contribution in [-0.2, 0) is 10.8 Å². The topological polar surface area (TPSA) is 25.0 Å². The van der Waals surface area contributed by atoms with Crippen molar-refractivity contribution < 1.29 is 0 Å². The zero-order valence-electron chi connectivity index (χ0n) is 64.5. The molecule has 0 heterocycles. The molecule has 1 N–H and O–H groups in total. The van der Waals surface area contributed by atoms with Crippen molar-refractivity contribution in [2.45, 2.75) is 10.8 Å². The van der Waals surface area contributed by atoms with Gasteiger partial charge < -0.3 is 24.9 Å². The van der Waals surface area contributed by atoms with Gasteiger partial charge in [-0.1, -0.05) is 294 Å². The Labute approximate surface area is 728 Å². The Hall–Kier alpha value is -13.1. The Morgan fingerprint density at radius 2 is 0.303 bits per heavy atom. The molecule has 22 rings (SSSR count). The SMILES string of the molecule is Brc1ccc2c(c1)C1(c3cc(Br)ccc3-2)c2cc(Br)ccc2-c2ccc(Br)cc21.c1ccc(N(c2ccccc2)c2ccc3c(c2)C2(c4cc(N(c5ccccc5)c5ccccc5)ccc4-3)c3cc(N(c4ccccc4)c4ccccc4)ccc3-c3ccc(N(c4ccccc4)c4ccccc4)cc32)cc1.c1ccc(Nc2ccccc2)cc1. The first kappa shape index (κ1) is 74.7. The molecule has 5 nitrogen and oxygen atoms in total. The minimum absolute atomic E-state index is 0.337. The molecule has 0 radical (unpaired) electrons. The van der Waals surface area contributed by atoms with Crippen molar-refractivity contribution in [2.24, 2.45) is 0 Å². The van der Waals surface area contributed by atoms with E-state index in [9.17, 15) is 0 Å². The molecular weight excluding hydrogens is 1710 g/mol. The van der Waals surface area contributed by atoms with Gasteiger partial charge in [0.25, 0.3) is 0 Å². The molecule has 18 aromatic rings. The monoisotopic (exact) mass is 1780 g/mol. The molecule has 0 saturated carbocycles. The first-order valence-corrected chi connectivity index (χ1v) is 43.1. The first-order chi connectivity index (χ1) is 58.7. The van der Waals surface area contributed by atoms with E-state index >= 15 is 0 Å². The van der Waals surface area contributed by atoms with E-state index in [1.54, 1.807) is 0 Å². The van der Waals surface area contributed by atoms with Crippen LogP contribution in [0.2, 0.25) is 0 Å². The van der Waals surface area contributed by atoms with Crippen LogP contribution in [0.3, 0.4) is 0 Å². The molecule has 568 valence electrons. The number of rotatable bonds is 14. The van der Waals surface area contributed by atoms with Crippen molar-refractivity contribution >= 4 is 143 Å². The first-order valence-electron chi connectivity index (χ1n) is 40.0. The van der Waals surface area contributed by atoms with Gasteiger partial charge in [0.2, 0.25) is 0 Å². The van der Waals surface area contributed by atoms with E-state index in [1.165, 1.54) is 89.0 Å². The average molecular weight is 1790 g/mol. The van der Waals surface area contributed by atoms with Crippen molar-refractivity contribution in [2.75, 3.05) is 24.9 Å². The van der Waals surface area contributed by atoms with Crippen LogP contribution >= 0.6 is 63.7 Å². The van der Waals surface area contributed by atoms with E-state index in [1.807, 2.05) is 60.7 Å². The molecule has 18 aromatic carbocycles. The largest absolute Gasteiger partial charge is 0.356 e. The van der Waals surface area contributed by atoms with E-state index < -0.39 is 5.41 Å². The second-order valence-corrected chi connectivity index (χ2v) is 33.7. The fourth-order valence-corrected chi connectivity index (χ4v) is 19.9. The highest BCUT2D eigenvalue weighted by Crippen LogP contribution is 2.67. The third kappa shape index (κ3) is 13.5. The molecule has 119 heavy (non-hydrogen) atoms. The van der Waals surface area contributed by atoms with Crippen molar-refractivity contribution in [1.29, 1.82) is 0 Å². The smallest absolute Gasteiger partial charge is 0.0728 e. The van der Waals surface area contributed by atoms with Gasteiger partial charge in [-0.15, -0.1) is 0 Å². The van der Waals surface area contributed by atoms with Crippen LogP contribution in [0.25, 0.3) is 44.5 Å². The fourth-order valence-electron chi connectivity index (χ4n) is 18.5. The Kier molecular flexibility index (Phi) is 20.1. The van der Waals surface area contributed by atoms with Gasteiger partial charge in [-0.05, 0) is 307 Å². The molecule has 0 saturated heterocycles. The molecule has 0 unspecified atom stereocenters. The minimum Gasteiger partial charge on any atom is -0.356 e. The lowest BCUT2D eigenvalue weighted by molar-refractivity contribution is 0.791. The Morgan fingerprint density at radius 1 is 0.151 bits per heavy atom. The summed E-state index contributed by atoms with van der Waals surface area (Å²) >= 11 is 14.9. The summed E-state index contributed by atoms with van der Waals surface area (Å²) in [5.41, 5.74) is 34.4. The molecule has 0 aromatic heterocycles. The molecule has 0 fully saturated rings. The van der Waals surface area contributed by atoms with E-state index in [-0.39, 0.29) is 5.41 Å². The summed E-state index contributed by atoms with van der Waals surface area (Å²) in [4.78, 5) is 9.60. The molecule has 4 aliphatic carbocycles. The molecule has 4 aliphatic rings. The summed E-state index contributed by atoms with van der Waals surface area (Å²) in [7, 11) is 0. The zero-order valence-corrected chi connectivity index (χ0v) is 70.9. The molecule has 2 spiro atoms. The van der Waals surface area contributed by atoms with E-state index in [0.29, 0.717) is 0 Å². The predicted octanol–water partition coefficient (Wildman–Crippen LogP) is 32.4. The molecule has 0 aliphatic heterocycles. The number of hydrogen-bond donors (Lipinski definition) is 1. The van der Waals surface area contributed by atoms with E-state index in [0.717, 1.165) is 97.5 Å². The van der Waals surface area contributed by atoms with Crippen LogP contribution in [0.5, 0.6) is 0 Å². The maximum absolute atomic E-state index is 3.74. The third-order valence-electron chi connectivity index (χ3n) is 23.3. The highest BCUT2D eigenvalue weighted by Gasteiger charge is 2.54. The summed E-state index contributed by atoms with van der Waals surface area (Å²) in [6.45, 7) is 0. The van der Waals surface area contributed by atoms with Crippen LogP contribution in [0.15, 0.2) is 467 Å². The van der Waals surface area contributed by atoms with Crippen LogP contribution in [0, 0.1) is 0 Å². The quantitative estimate of drug-likeness (QED) is 0.117. The van der Waals surface area contributed by atoms with Crippen LogP contribution in [0.1, 0.15) is 44.5 Å². The Morgan fingerprint density at radius 3 is 0.479 bits per heavy atom. The Bertz CT molecular complexity index is 5810. The number of anilines is 14. The van der Waals surface area contributed by atoms with Crippen LogP contribution in [0.4, 0.5) is 79.6 Å². The Balaban J connectivity index is 0.000000174. The van der Waals surface area contributed by atoms with Gasteiger partial charge in [-0.3, -0.25) is 0 Å². The maximum Gasteiger partial charge on any atom is 0.0728 e. The molecular formula is C110H75Br4N5. The molecule has 0 bridgehead atoms. The van der Waals surface area contributed by atoms with Crippen molar-refractivity contribution in [3.05, 3.63) is 511 Å². The number of fused-ring (bicyclic) bond motifs is 20. The van der Waals surface area contributed by atoms with E-state index in [2.05, 4.69) is 477 Å². The standard InChI is InChI=1S/C73H52N4.C25H12Br4.C12H11N/c1-9-25-53(26-10-1)74(54-27-11-2-12-28-54)61-41-45-65-66-46-42-62(75(55-29-13-3-14-30-55)56-31-15-4-16-32-56)50-70(66)73(69(65)49-61)71-51-63(76(57-33-17-5-18-34-57)58-35-19-6-20-36-58)43-47-67(71)68-48-44-64(52-72(68)73)77(59-37-21-7-22-38-59)60-39-23-8-24-40-60;26-13-1-5-17-18-6-2-14(27)10-22(18)25(21(17)9-13)23-11-15(28)3-7-19(23)20-8-4-16(29)12-24(20)25;1-3-7-11(8-4-1)13-12-9-5-2-6-10-12/h1-52H;1-12H;1-10,13H.